The van der Waals surface area contributed by atoms with Gasteiger partial charge >= 0.3 is 0 Å². The van der Waals surface area contributed by atoms with Crippen molar-refractivity contribution in [2.45, 2.75) is 31.8 Å². The summed E-state index contributed by atoms with van der Waals surface area (Å²) in [5.74, 6) is 0. The minimum absolute atomic E-state index is 0.229. The van der Waals surface area contributed by atoms with Gasteiger partial charge in [-0.1, -0.05) is 13.8 Å². The van der Waals surface area contributed by atoms with Gasteiger partial charge in [0.15, 0.2) is 5.03 Å². The maximum Gasteiger partial charge on any atom is 0.260 e. The van der Waals surface area contributed by atoms with Crippen LogP contribution in [0.2, 0.25) is 0 Å². The number of hydrogen-bond donors (Lipinski definition) is 2. The Morgan fingerprint density at radius 1 is 1.29 bits per heavy atom. The summed E-state index contributed by atoms with van der Waals surface area (Å²) in [6, 6.07) is 0. The second-order valence-corrected chi connectivity index (χ2v) is 7.13. The summed E-state index contributed by atoms with van der Waals surface area (Å²) < 4.78 is 27.0. The molecule has 0 aromatic carbocycles. The quantitative estimate of drug-likeness (QED) is 0.753. The van der Waals surface area contributed by atoms with Crippen LogP contribution in [-0.2, 0) is 16.6 Å². The Labute approximate surface area is 126 Å². The summed E-state index contributed by atoms with van der Waals surface area (Å²) in [5, 5.41) is 9.92. The molecular weight excluding hydrogens is 290 g/mol. The van der Waals surface area contributed by atoms with Crippen molar-refractivity contribution >= 4 is 10.0 Å². The number of aromatic nitrogens is 2. The topological polar surface area (TPSA) is 81.3 Å². The lowest BCUT2D eigenvalue weighted by atomic mass is 10.3. The van der Waals surface area contributed by atoms with Crippen LogP contribution < -0.4 is 5.32 Å². The molecule has 0 atom stereocenters. The van der Waals surface area contributed by atoms with Gasteiger partial charge in [-0.25, -0.2) is 8.42 Å². The lowest BCUT2D eigenvalue weighted by Crippen LogP contribution is -2.48. The van der Waals surface area contributed by atoms with Crippen LogP contribution in [0.4, 0.5) is 0 Å². The number of piperazine rings is 1. The zero-order valence-electron chi connectivity index (χ0n) is 12.8. The van der Waals surface area contributed by atoms with E-state index >= 15 is 0 Å². The van der Waals surface area contributed by atoms with Crippen LogP contribution in [0, 0.1) is 0 Å². The number of hydrogen-bond acceptors (Lipinski definition) is 5. The first kappa shape index (κ1) is 16.4. The van der Waals surface area contributed by atoms with E-state index in [9.17, 15) is 8.42 Å². The summed E-state index contributed by atoms with van der Waals surface area (Å²) >= 11 is 0. The van der Waals surface area contributed by atoms with Crippen LogP contribution in [0.3, 0.4) is 0 Å². The molecule has 0 amide bonds. The first-order chi connectivity index (χ1) is 10.1. The predicted octanol–water partition coefficient (Wildman–Crippen LogP) is 0.236. The second kappa shape index (κ2) is 7.35. The zero-order chi connectivity index (χ0) is 15.3. The number of H-pyrrole nitrogens is 1. The molecule has 1 aromatic heterocycles. The number of rotatable bonds is 7. The van der Waals surface area contributed by atoms with Gasteiger partial charge in [-0.3, -0.25) is 5.10 Å². The number of aromatic amines is 1. The van der Waals surface area contributed by atoms with E-state index in [0.717, 1.165) is 32.6 Å². The molecule has 2 rings (SSSR count). The van der Waals surface area contributed by atoms with Crippen LogP contribution in [0.15, 0.2) is 11.2 Å². The third kappa shape index (κ3) is 3.82. The Balaban J connectivity index is 2.07. The fraction of sp³-hybridized carbons (Fsp3) is 0.769. The van der Waals surface area contributed by atoms with E-state index in [2.05, 4.69) is 27.3 Å². The van der Waals surface area contributed by atoms with Crippen molar-refractivity contribution in [3.05, 3.63) is 11.8 Å². The van der Waals surface area contributed by atoms with Crippen molar-refractivity contribution in [1.82, 2.24) is 24.7 Å². The number of sulfonamides is 1. The molecule has 1 fully saturated rings. The van der Waals surface area contributed by atoms with Gasteiger partial charge in [0.2, 0.25) is 0 Å². The molecule has 2 heterocycles. The zero-order valence-corrected chi connectivity index (χ0v) is 13.6. The largest absolute Gasteiger partial charge is 0.313 e. The van der Waals surface area contributed by atoms with Crippen LogP contribution in [0.1, 0.15) is 25.8 Å². The van der Waals surface area contributed by atoms with Gasteiger partial charge < -0.3 is 10.2 Å². The van der Waals surface area contributed by atoms with Crippen molar-refractivity contribution in [3.8, 4) is 0 Å². The predicted molar refractivity (Wildman–Crippen MR) is 81.5 cm³/mol. The summed E-state index contributed by atoms with van der Waals surface area (Å²) in [6.07, 6.45) is 2.68. The highest BCUT2D eigenvalue weighted by molar-refractivity contribution is 7.89. The molecule has 0 radical (unpaired) electrons. The first-order valence-electron chi connectivity index (χ1n) is 7.55. The van der Waals surface area contributed by atoms with Gasteiger partial charge in [0, 0.05) is 38.3 Å². The van der Waals surface area contributed by atoms with E-state index in [4.69, 9.17) is 0 Å². The highest BCUT2D eigenvalue weighted by atomic mass is 32.2. The van der Waals surface area contributed by atoms with Gasteiger partial charge in [-0.15, -0.1) is 0 Å². The molecule has 1 saturated heterocycles. The van der Waals surface area contributed by atoms with Crippen molar-refractivity contribution in [2.24, 2.45) is 0 Å². The average molecular weight is 315 g/mol. The standard InChI is InChI=1S/C13H25N5O2S/c1-3-5-17-6-8-18(9-7-17)21(19,20)13-12(10-14-4-2)11-15-16-13/h11,14H,3-10H2,1-2H3,(H,15,16). The highest BCUT2D eigenvalue weighted by Gasteiger charge is 2.31. The summed E-state index contributed by atoms with van der Waals surface area (Å²) in [5.41, 5.74) is 0.702. The molecular formula is C13H25N5O2S. The molecule has 1 aliphatic heterocycles. The SMILES string of the molecule is CCCN1CCN(S(=O)(=O)c2[nH]ncc2CNCC)CC1. The normalized spacial score (nSPS) is 18.2. The van der Waals surface area contributed by atoms with E-state index in [-0.39, 0.29) is 5.03 Å². The maximum atomic E-state index is 12.7. The van der Waals surface area contributed by atoms with Crippen LogP contribution in [-0.4, -0.2) is 67.1 Å². The van der Waals surface area contributed by atoms with E-state index < -0.39 is 10.0 Å². The third-order valence-corrected chi connectivity index (χ3v) is 5.63. The van der Waals surface area contributed by atoms with Gasteiger partial charge in [-0.05, 0) is 19.5 Å². The molecule has 120 valence electrons. The Kier molecular flexibility index (Phi) is 5.74. The molecule has 0 unspecified atom stereocenters. The molecule has 21 heavy (non-hydrogen) atoms. The minimum atomic E-state index is -3.47. The molecule has 1 aliphatic rings. The summed E-state index contributed by atoms with van der Waals surface area (Å²) in [4.78, 5) is 2.30. The average Bonchev–Trinajstić information content (AvgIpc) is 2.95. The fourth-order valence-corrected chi connectivity index (χ4v) is 4.07. The smallest absolute Gasteiger partial charge is 0.260 e. The van der Waals surface area contributed by atoms with Crippen LogP contribution in [0.25, 0.3) is 0 Å². The van der Waals surface area contributed by atoms with E-state index in [0.29, 0.717) is 25.2 Å². The Hall–Kier alpha value is -0.960. The van der Waals surface area contributed by atoms with E-state index in [1.165, 1.54) is 0 Å². The Morgan fingerprint density at radius 2 is 2.00 bits per heavy atom. The number of nitrogens with one attached hydrogen (secondary N) is 2. The first-order valence-corrected chi connectivity index (χ1v) is 8.99. The molecule has 8 heteroatoms. The van der Waals surface area contributed by atoms with Crippen molar-refractivity contribution in [3.63, 3.8) is 0 Å². The highest BCUT2D eigenvalue weighted by Crippen LogP contribution is 2.19. The molecule has 1 aromatic rings. The Bertz CT molecular complexity index is 535. The second-order valence-electron chi connectivity index (χ2n) is 5.25. The summed E-state index contributed by atoms with van der Waals surface area (Å²) in [7, 11) is -3.47. The van der Waals surface area contributed by atoms with E-state index in [1.807, 2.05) is 6.92 Å². The number of nitrogens with zero attached hydrogens (tertiary/aromatic N) is 3. The monoisotopic (exact) mass is 315 g/mol. The minimum Gasteiger partial charge on any atom is -0.313 e. The fourth-order valence-electron chi connectivity index (χ4n) is 2.55. The third-order valence-electron chi connectivity index (χ3n) is 3.71. The van der Waals surface area contributed by atoms with Crippen molar-refractivity contribution in [1.29, 1.82) is 0 Å². The van der Waals surface area contributed by atoms with Crippen molar-refractivity contribution in [2.75, 3.05) is 39.3 Å². The summed E-state index contributed by atoms with van der Waals surface area (Å²) in [6.45, 7) is 9.14. The van der Waals surface area contributed by atoms with E-state index in [1.54, 1.807) is 10.5 Å². The van der Waals surface area contributed by atoms with Gasteiger partial charge in [0.25, 0.3) is 10.0 Å². The van der Waals surface area contributed by atoms with Crippen molar-refractivity contribution < 1.29 is 8.42 Å². The van der Waals surface area contributed by atoms with Gasteiger partial charge in [-0.2, -0.15) is 9.40 Å². The van der Waals surface area contributed by atoms with Gasteiger partial charge in [0.05, 0.1) is 6.20 Å². The lowest BCUT2D eigenvalue weighted by molar-refractivity contribution is 0.188. The Morgan fingerprint density at radius 3 is 2.62 bits per heavy atom. The van der Waals surface area contributed by atoms with Gasteiger partial charge in [0.1, 0.15) is 0 Å². The molecule has 0 aliphatic carbocycles. The maximum absolute atomic E-state index is 12.7. The molecule has 2 N–H and O–H groups in total. The van der Waals surface area contributed by atoms with Crippen LogP contribution in [0.5, 0.6) is 0 Å². The lowest BCUT2D eigenvalue weighted by Gasteiger charge is -2.33. The molecule has 0 spiro atoms. The molecule has 0 saturated carbocycles. The molecule has 0 bridgehead atoms. The molecule has 7 nitrogen and oxygen atoms in total. The van der Waals surface area contributed by atoms with Crippen LogP contribution >= 0.6 is 0 Å².